The minimum absolute atomic E-state index is 0.0523. The van der Waals surface area contributed by atoms with Gasteiger partial charge in [0.05, 0.1) is 10.5 Å². The van der Waals surface area contributed by atoms with E-state index in [0.29, 0.717) is 11.5 Å². The molecule has 0 heterocycles. The van der Waals surface area contributed by atoms with Gasteiger partial charge in [0.25, 0.3) is 5.69 Å². The third-order valence-corrected chi connectivity index (χ3v) is 8.29. The monoisotopic (exact) mass is 409 g/mol. The molecule has 0 amide bonds. The molecule has 0 aliphatic heterocycles. The van der Waals surface area contributed by atoms with Crippen LogP contribution >= 0.6 is 0 Å². The summed E-state index contributed by atoms with van der Waals surface area (Å²) in [6, 6.07) is 22.7. The number of nitrogens with zero attached hydrogens (tertiary/aromatic N) is 1. The van der Waals surface area contributed by atoms with Gasteiger partial charge in [-0.05, 0) is 89.8 Å². The molecule has 31 heavy (non-hydrogen) atoms. The highest BCUT2D eigenvalue weighted by Gasteiger charge is 2.52. The molecule has 3 aromatic rings. The van der Waals surface area contributed by atoms with E-state index in [4.69, 9.17) is 0 Å². The molecule has 3 aromatic carbocycles. The maximum absolute atomic E-state index is 11.7. The van der Waals surface area contributed by atoms with Gasteiger partial charge < -0.3 is 0 Å². The summed E-state index contributed by atoms with van der Waals surface area (Å²) in [7, 11) is 0. The summed E-state index contributed by atoms with van der Waals surface area (Å²) in [5.41, 5.74) is 7.50. The number of para-hydroxylation sites is 1. The number of nitro groups is 1. The van der Waals surface area contributed by atoms with Gasteiger partial charge in [-0.15, -0.1) is 0 Å². The Kier molecular flexibility index (Phi) is 4.11. The first-order valence-corrected chi connectivity index (χ1v) is 11.6. The second-order valence-corrected chi connectivity index (χ2v) is 9.97. The van der Waals surface area contributed by atoms with Crippen LogP contribution in [0.2, 0.25) is 0 Å². The second-order valence-electron chi connectivity index (χ2n) is 9.97. The Bertz CT molecular complexity index is 1200. The Morgan fingerprint density at radius 3 is 2.45 bits per heavy atom. The van der Waals surface area contributed by atoms with Gasteiger partial charge in [0.1, 0.15) is 0 Å². The fourth-order valence-electron chi connectivity index (χ4n) is 7.17. The van der Waals surface area contributed by atoms with Gasteiger partial charge in [-0.1, -0.05) is 55.5 Å². The SMILES string of the molecule is CC1CC2CCC3(c4ccccc4-c4ccc(-c5ccccc5[N+](=O)[O-])cc43)C(C1)C2. The minimum Gasteiger partial charge on any atom is -0.258 e. The summed E-state index contributed by atoms with van der Waals surface area (Å²) in [6.07, 6.45) is 6.44. The number of nitro benzene ring substituents is 1. The molecule has 3 aliphatic rings. The first-order valence-electron chi connectivity index (χ1n) is 11.6. The van der Waals surface area contributed by atoms with Crippen molar-refractivity contribution in [3.05, 3.63) is 88.0 Å². The molecule has 3 nitrogen and oxygen atoms in total. The third kappa shape index (κ3) is 2.65. The van der Waals surface area contributed by atoms with E-state index >= 15 is 0 Å². The molecular formula is C28H27NO2. The zero-order valence-corrected chi connectivity index (χ0v) is 17.9. The van der Waals surface area contributed by atoms with Crippen molar-refractivity contribution in [1.82, 2.24) is 0 Å². The van der Waals surface area contributed by atoms with E-state index in [1.807, 2.05) is 12.1 Å². The molecule has 2 bridgehead atoms. The predicted octanol–water partition coefficient (Wildman–Crippen LogP) is 7.37. The van der Waals surface area contributed by atoms with Gasteiger partial charge in [0.15, 0.2) is 0 Å². The summed E-state index contributed by atoms with van der Waals surface area (Å²) in [6.45, 7) is 2.42. The quantitative estimate of drug-likeness (QED) is 0.327. The average Bonchev–Trinajstić information content (AvgIpc) is 3.06. The van der Waals surface area contributed by atoms with Crippen LogP contribution in [0.5, 0.6) is 0 Å². The van der Waals surface area contributed by atoms with Crippen LogP contribution in [0.25, 0.3) is 22.3 Å². The van der Waals surface area contributed by atoms with Gasteiger partial charge in [0, 0.05) is 11.5 Å². The van der Waals surface area contributed by atoms with Crippen LogP contribution in [0.4, 0.5) is 5.69 Å². The lowest BCUT2D eigenvalue weighted by Gasteiger charge is -2.50. The number of rotatable bonds is 2. The highest BCUT2D eigenvalue weighted by Crippen LogP contribution is 2.62. The fourth-order valence-corrected chi connectivity index (χ4v) is 7.17. The Labute approximate surface area is 183 Å². The molecule has 6 rings (SSSR count). The fraction of sp³-hybridized carbons (Fsp3) is 0.357. The summed E-state index contributed by atoms with van der Waals surface area (Å²) in [5.74, 6) is 2.28. The molecule has 4 atom stereocenters. The van der Waals surface area contributed by atoms with E-state index in [0.717, 1.165) is 17.4 Å². The molecule has 0 saturated heterocycles. The van der Waals surface area contributed by atoms with Crippen LogP contribution in [-0.2, 0) is 5.41 Å². The van der Waals surface area contributed by atoms with E-state index < -0.39 is 0 Å². The van der Waals surface area contributed by atoms with E-state index in [1.165, 1.54) is 54.4 Å². The lowest BCUT2D eigenvalue weighted by Crippen LogP contribution is -2.44. The highest BCUT2D eigenvalue weighted by atomic mass is 16.6. The van der Waals surface area contributed by atoms with Crippen molar-refractivity contribution in [1.29, 1.82) is 0 Å². The molecule has 2 saturated carbocycles. The van der Waals surface area contributed by atoms with Crippen molar-refractivity contribution < 1.29 is 4.92 Å². The van der Waals surface area contributed by atoms with Crippen molar-refractivity contribution in [2.75, 3.05) is 0 Å². The molecule has 2 fully saturated rings. The molecule has 0 radical (unpaired) electrons. The van der Waals surface area contributed by atoms with Crippen LogP contribution in [0.1, 0.15) is 50.2 Å². The number of fused-ring (bicyclic) bond motifs is 8. The van der Waals surface area contributed by atoms with Gasteiger partial charge in [0.2, 0.25) is 0 Å². The minimum atomic E-state index is -0.263. The smallest absolute Gasteiger partial charge is 0.258 e. The van der Waals surface area contributed by atoms with Crippen molar-refractivity contribution in [3.63, 3.8) is 0 Å². The Morgan fingerprint density at radius 2 is 1.61 bits per heavy atom. The van der Waals surface area contributed by atoms with Crippen molar-refractivity contribution in [3.8, 4) is 22.3 Å². The van der Waals surface area contributed by atoms with Crippen LogP contribution in [0, 0.1) is 27.9 Å². The molecular weight excluding hydrogens is 382 g/mol. The Hall–Kier alpha value is -2.94. The van der Waals surface area contributed by atoms with Crippen LogP contribution < -0.4 is 0 Å². The highest BCUT2D eigenvalue weighted by molar-refractivity contribution is 5.85. The van der Waals surface area contributed by atoms with Crippen molar-refractivity contribution >= 4 is 5.69 Å². The van der Waals surface area contributed by atoms with Crippen LogP contribution in [0.15, 0.2) is 66.7 Å². The second kappa shape index (κ2) is 6.78. The molecule has 0 aromatic heterocycles. The zero-order valence-electron chi connectivity index (χ0n) is 17.9. The summed E-state index contributed by atoms with van der Waals surface area (Å²) >= 11 is 0. The first-order chi connectivity index (χ1) is 15.1. The number of benzene rings is 3. The number of hydrogen-bond donors (Lipinski definition) is 0. The standard InChI is InChI=1S/C28H27NO2/c1-18-14-19-12-13-28(21(15-18)16-19)25-8-4-2-7-23(25)24-11-10-20(17-26(24)28)22-6-3-5-9-27(22)29(30)31/h2-11,17-19,21H,12-16H2,1H3. The average molecular weight is 410 g/mol. The van der Waals surface area contributed by atoms with Crippen LogP contribution in [0.3, 0.4) is 0 Å². The summed E-state index contributed by atoms with van der Waals surface area (Å²) in [4.78, 5) is 11.4. The van der Waals surface area contributed by atoms with Gasteiger partial charge >= 0.3 is 0 Å². The lowest BCUT2D eigenvalue weighted by atomic mass is 9.53. The van der Waals surface area contributed by atoms with E-state index in [2.05, 4.69) is 49.4 Å². The zero-order chi connectivity index (χ0) is 21.2. The Morgan fingerprint density at radius 1 is 0.871 bits per heavy atom. The topological polar surface area (TPSA) is 43.1 Å². The van der Waals surface area contributed by atoms with E-state index in [1.54, 1.807) is 12.1 Å². The third-order valence-electron chi connectivity index (χ3n) is 8.29. The van der Waals surface area contributed by atoms with Gasteiger partial charge in [-0.2, -0.15) is 0 Å². The molecule has 156 valence electrons. The van der Waals surface area contributed by atoms with Gasteiger partial charge in [-0.3, -0.25) is 10.1 Å². The summed E-state index contributed by atoms with van der Waals surface area (Å²) < 4.78 is 0. The Balaban J connectivity index is 1.58. The van der Waals surface area contributed by atoms with Crippen LogP contribution in [-0.4, -0.2) is 4.92 Å². The molecule has 4 unspecified atom stereocenters. The normalized spacial score (nSPS) is 28.2. The molecule has 3 aliphatic carbocycles. The van der Waals surface area contributed by atoms with E-state index in [9.17, 15) is 10.1 Å². The summed E-state index contributed by atoms with van der Waals surface area (Å²) in [5, 5.41) is 11.7. The maximum atomic E-state index is 11.7. The van der Waals surface area contributed by atoms with Gasteiger partial charge in [-0.25, -0.2) is 0 Å². The van der Waals surface area contributed by atoms with Crippen molar-refractivity contribution in [2.24, 2.45) is 17.8 Å². The largest absolute Gasteiger partial charge is 0.277 e. The number of hydrogen-bond acceptors (Lipinski definition) is 2. The molecule has 0 N–H and O–H groups in total. The first kappa shape index (κ1) is 18.8. The van der Waals surface area contributed by atoms with Crippen molar-refractivity contribution in [2.45, 2.75) is 44.4 Å². The maximum Gasteiger partial charge on any atom is 0.277 e. The lowest BCUT2D eigenvalue weighted by molar-refractivity contribution is -0.384. The molecule has 3 heteroatoms. The predicted molar refractivity (Wildman–Crippen MR) is 124 cm³/mol. The van der Waals surface area contributed by atoms with E-state index in [-0.39, 0.29) is 16.0 Å². The molecule has 1 spiro atoms.